The Bertz CT molecular complexity index is 1110. The summed E-state index contributed by atoms with van der Waals surface area (Å²) in [6, 6.07) is 17.8. The number of ketones is 1. The lowest BCUT2D eigenvalue weighted by Gasteiger charge is -2.30. The third-order valence-corrected chi connectivity index (χ3v) is 5.20. The van der Waals surface area contributed by atoms with Gasteiger partial charge in [0.2, 0.25) is 5.78 Å². The molecule has 3 aromatic rings. The Kier molecular flexibility index (Phi) is 4.37. The van der Waals surface area contributed by atoms with Gasteiger partial charge in [-0.05, 0) is 36.2 Å². The van der Waals surface area contributed by atoms with E-state index >= 15 is 0 Å². The Hall–Kier alpha value is -3.44. The van der Waals surface area contributed by atoms with Crippen LogP contribution < -0.4 is 9.47 Å². The van der Waals surface area contributed by atoms with Gasteiger partial charge in [-0.1, -0.05) is 36.4 Å². The van der Waals surface area contributed by atoms with E-state index in [0.717, 1.165) is 23.4 Å². The SMILES string of the molecule is Cc1cc2c(c3c1C(=O)/C(=C/c1ccccn1)O3)CN(Cc1ccccc1)CO2. The highest BCUT2D eigenvalue weighted by molar-refractivity contribution is 6.15. The maximum Gasteiger partial charge on any atom is 0.232 e. The first-order valence-electron chi connectivity index (χ1n) is 9.60. The van der Waals surface area contributed by atoms with E-state index in [-0.39, 0.29) is 5.78 Å². The van der Waals surface area contributed by atoms with Crippen LogP contribution in [0.5, 0.6) is 11.5 Å². The van der Waals surface area contributed by atoms with Crippen LogP contribution in [0.4, 0.5) is 0 Å². The molecule has 2 aromatic carbocycles. The summed E-state index contributed by atoms with van der Waals surface area (Å²) in [6.07, 6.45) is 3.39. The van der Waals surface area contributed by atoms with E-state index in [1.165, 1.54) is 5.56 Å². The van der Waals surface area contributed by atoms with Gasteiger partial charge in [-0.2, -0.15) is 0 Å². The van der Waals surface area contributed by atoms with Crippen molar-refractivity contribution in [3.63, 3.8) is 0 Å². The van der Waals surface area contributed by atoms with Gasteiger partial charge in [-0.3, -0.25) is 14.7 Å². The van der Waals surface area contributed by atoms with E-state index in [4.69, 9.17) is 9.47 Å². The van der Waals surface area contributed by atoms with Gasteiger partial charge in [-0.25, -0.2) is 0 Å². The number of carbonyl (C=O) groups excluding carboxylic acids is 1. The number of hydrogen-bond acceptors (Lipinski definition) is 5. The zero-order valence-electron chi connectivity index (χ0n) is 16.1. The Morgan fingerprint density at radius 1 is 1.14 bits per heavy atom. The van der Waals surface area contributed by atoms with Gasteiger partial charge in [0.1, 0.15) is 18.2 Å². The molecule has 1 aromatic heterocycles. The summed E-state index contributed by atoms with van der Waals surface area (Å²) in [5.41, 5.74) is 4.32. The van der Waals surface area contributed by atoms with Gasteiger partial charge in [0.05, 0.1) is 16.8 Å². The van der Waals surface area contributed by atoms with E-state index in [1.54, 1.807) is 12.3 Å². The van der Waals surface area contributed by atoms with Gasteiger partial charge in [0, 0.05) is 25.4 Å². The molecule has 3 heterocycles. The molecular weight excluding hydrogens is 364 g/mol. The second-order valence-corrected chi connectivity index (χ2v) is 7.31. The standard InChI is InChI=1S/C24H20N2O3/c1-16-11-20-19(14-26(15-28-20)13-17-7-3-2-4-8-17)24-22(16)23(27)21(29-24)12-18-9-5-6-10-25-18/h2-12H,13-15H2,1H3/b21-12-. The highest BCUT2D eigenvalue weighted by atomic mass is 16.5. The largest absolute Gasteiger partial charge is 0.478 e. The molecule has 5 heteroatoms. The molecule has 0 unspecified atom stereocenters. The van der Waals surface area contributed by atoms with E-state index < -0.39 is 0 Å². The van der Waals surface area contributed by atoms with Crippen molar-refractivity contribution in [3.05, 3.63) is 94.5 Å². The molecule has 2 aliphatic heterocycles. The first kappa shape index (κ1) is 17.6. The molecule has 29 heavy (non-hydrogen) atoms. The lowest BCUT2D eigenvalue weighted by molar-refractivity contribution is 0.0872. The van der Waals surface area contributed by atoms with Crippen molar-refractivity contribution >= 4 is 11.9 Å². The number of allylic oxidation sites excluding steroid dienone is 1. The van der Waals surface area contributed by atoms with Crippen LogP contribution in [0.15, 0.2) is 66.6 Å². The summed E-state index contributed by atoms with van der Waals surface area (Å²) in [4.78, 5) is 19.5. The second-order valence-electron chi connectivity index (χ2n) is 7.31. The van der Waals surface area contributed by atoms with E-state index in [9.17, 15) is 4.79 Å². The summed E-state index contributed by atoms with van der Waals surface area (Å²) in [5.74, 6) is 1.60. The monoisotopic (exact) mass is 384 g/mol. The van der Waals surface area contributed by atoms with Crippen molar-refractivity contribution in [1.82, 2.24) is 9.88 Å². The number of carbonyl (C=O) groups is 1. The molecule has 0 atom stereocenters. The summed E-state index contributed by atoms with van der Waals surface area (Å²) in [5, 5.41) is 0. The minimum atomic E-state index is -0.105. The lowest BCUT2D eigenvalue weighted by atomic mass is 9.98. The number of pyridine rings is 1. The van der Waals surface area contributed by atoms with Crippen LogP contribution in [-0.4, -0.2) is 22.4 Å². The van der Waals surface area contributed by atoms with Crippen LogP contribution in [0.3, 0.4) is 0 Å². The number of Topliss-reactive ketones (excluding diaryl/α,β-unsaturated/α-hetero) is 1. The Morgan fingerprint density at radius 3 is 2.76 bits per heavy atom. The predicted molar refractivity (Wildman–Crippen MR) is 110 cm³/mol. The fraction of sp³-hybridized carbons (Fsp3) is 0.167. The maximum absolute atomic E-state index is 13.0. The highest BCUT2D eigenvalue weighted by Crippen LogP contribution is 2.44. The molecule has 0 spiro atoms. The number of fused-ring (bicyclic) bond motifs is 3. The van der Waals surface area contributed by atoms with E-state index in [0.29, 0.717) is 36.0 Å². The number of benzene rings is 2. The zero-order chi connectivity index (χ0) is 19.8. The van der Waals surface area contributed by atoms with Gasteiger partial charge in [0.25, 0.3) is 0 Å². The minimum absolute atomic E-state index is 0.105. The lowest BCUT2D eigenvalue weighted by Crippen LogP contribution is -2.31. The third-order valence-electron chi connectivity index (χ3n) is 5.20. The van der Waals surface area contributed by atoms with Crippen molar-refractivity contribution in [3.8, 4) is 11.5 Å². The smallest absolute Gasteiger partial charge is 0.232 e. The fourth-order valence-corrected chi connectivity index (χ4v) is 3.81. The maximum atomic E-state index is 13.0. The highest BCUT2D eigenvalue weighted by Gasteiger charge is 2.35. The molecule has 5 rings (SSSR count). The molecule has 2 aliphatic rings. The number of aromatic nitrogens is 1. The van der Waals surface area contributed by atoms with Gasteiger partial charge in [0.15, 0.2) is 5.76 Å². The molecule has 0 N–H and O–H groups in total. The topological polar surface area (TPSA) is 51.7 Å². The molecule has 0 fully saturated rings. The molecule has 0 amide bonds. The van der Waals surface area contributed by atoms with E-state index in [1.807, 2.05) is 49.4 Å². The van der Waals surface area contributed by atoms with Gasteiger partial charge >= 0.3 is 0 Å². The Balaban J connectivity index is 1.48. The van der Waals surface area contributed by atoms with Crippen LogP contribution in [0.2, 0.25) is 0 Å². The first-order chi connectivity index (χ1) is 14.2. The summed E-state index contributed by atoms with van der Waals surface area (Å²) >= 11 is 0. The van der Waals surface area contributed by atoms with Crippen molar-refractivity contribution in [2.45, 2.75) is 20.0 Å². The number of ether oxygens (including phenoxy) is 2. The molecule has 0 radical (unpaired) electrons. The van der Waals surface area contributed by atoms with Gasteiger partial charge < -0.3 is 9.47 Å². The Labute approximate surface area is 169 Å². The summed E-state index contributed by atoms with van der Waals surface area (Å²) < 4.78 is 12.1. The average molecular weight is 384 g/mol. The van der Waals surface area contributed by atoms with Crippen molar-refractivity contribution in [2.75, 3.05) is 6.73 Å². The molecule has 0 bridgehead atoms. The van der Waals surface area contributed by atoms with Crippen LogP contribution >= 0.6 is 0 Å². The molecule has 0 saturated carbocycles. The number of rotatable bonds is 3. The fourth-order valence-electron chi connectivity index (χ4n) is 3.81. The molecule has 0 saturated heterocycles. The molecule has 0 aliphatic carbocycles. The normalized spacial score (nSPS) is 16.9. The Morgan fingerprint density at radius 2 is 1.97 bits per heavy atom. The van der Waals surface area contributed by atoms with Crippen LogP contribution in [0.1, 0.15) is 32.7 Å². The van der Waals surface area contributed by atoms with Crippen LogP contribution in [0.25, 0.3) is 6.08 Å². The number of hydrogen-bond donors (Lipinski definition) is 0. The molecule has 144 valence electrons. The third kappa shape index (κ3) is 3.30. The first-order valence-corrected chi connectivity index (χ1v) is 9.60. The van der Waals surface area contributed by atoms with Gasteiger partial charge in [-0.15, -0.1) is 0 Å². The quantitative estimate of drug-likeness (QED) is 0.628. The second kappa shape index (κ2) is 7.18. The van der Waals surface area contributed by atoms with Crippen molar-refractivity contribution < 1.29 is 14.3 Å². The summed E-state index contributed by atoms with van der Waals surface area (Å²) in [6.45, 7) is 3.86. The molecular formula is C24H20N2O3. The van der Waals surface area contributed by atoms with Crippen LogP contribution in [-0.2, 0) is 13.1 Å². The van der Waals surface area contributed by atoms with E-state index in [2.05, 4.69) is 22.0 Å². The minimum Gasteiger partial charge on any atom is -0.478 e. The van der Waals surface area contributed by atoms with Crippen molar-refractivity contribution in [2.24, 2.45) is 0 Å². The number of nitrogens with zero attached hydrogens (tertiary/aromatic N) is 2. The van der Waals surface area contributed by atoms with Crippen molar-refractivity contribution in [1.29, 1.82) is 0 Å². The summed E-state index contributed by atoms with van der Waals surface area (Å²) in [7, 11) is 0. The molecule has 5 nitrogen and oxygen atoms in total. The average Bonchev–Trinajstić information content (AvgIpc) is 3.07. The predicted octanol–water partition coefficient (Wildman–Crippen LogP) is 4.36. The van der Waals surface area contributed by atoms with Crippen LogP contribution in [0, 0.1) is 6.92 Å². The zero-order valence-corrected chi connectivity index (χ0v) is 16.1. The number of aryl methyl sites for hydroxylation is 1.